The summed E-state index contributed by atoms with van der Waals surface area (Å²) >= 11 is 0. The zero-order chi connectivity index (χ0) is 19.4. The van der Waals surface area contributed by atoms with Crippen LogP contribution in [0.3, 0.4) is 0 Å². The maximum Gasteiger partial charge on any atom is 0.213 e. The lowest BCUT2D eigenvalue weighted by atomic mass is 9.83. The van der Waals surface area contributed by atoms with Gasteiger partial charge in [0.05, 0.1) is 5.75 Å². The molecule has 1 aliphatic heterocycles. The van der Waals surface area contributed by atoms with Crippen molar-refractivity contribution in [1.29, 1.82) is 0 Å². The van der Waals surface area contributed by atoms with Crippen LogP contribution < -0.4 is 4.74 Å². The summed E-state index contributed by atoms with van der Waals surface area (Å²) in [7, 11) is 0.0462. The molecule has 1 heterocycles. The Balaban J connectivity index is 1.47. The zero-order valence-corrected chi connectivity index (χ0v) is 17.4. The van der Waals surface area contributed by atoms with Gasteiger partial charge in [0.15, 0.2) is 0 Å². The Kier molecular flexibility index (Phi) is 4.70. The lowest BCUT2D eigenvalue weighted by molar-refractivity contribution is 0.0522. The molecule has 3 aliphatic rings. The number of fused-ring (bicyclic) bond motifs is 7. The van der Waals surface area contributed by atoms with Crippen molar-refractivity contribution in [1.82, 2.24) is 4.31 Å². The van der Waals surface area contributed by atoms with E-state index in [1.807, 2.05) is 6.07 Å². The molecule has 6 heteroatoms. The largest absolute Gasteiger partial charge is 0.508 e. The van der Waals surface area contributed by atoms with Crippen LogP contribution in [0.5, 0.6) is 11.5 Å². The minimum absolute atomic E-state index is 0.194. The molecule has 1 saturated carbocycles. The van der Waals surface area contributed by atoms with Crippen molar-refractivity contribution in [2.45, 2.75) is 75.7 Å². The third-order valence-corrected chi connectivity index (χ3v) is 8.77. The van der Waals surface area contributed by atoms with E-state index in [1.54, 1.807) is 14.1 Å². The van der Waals surface area contributed by atoms with Crippen LogP contribution in [0, 0.1) is 0 Å². The molecule has 1 aromatic rings. The van der Waals surface area contributed by atoms with Crippen LogP contribution in [0.2, 0.25) is 0 Å². The predicted molar refractivity (Wildman–Crippen MR) is 106 cm³/mol. The van der Waals surface area contributed by atoms with E-state index < -0.39 is 10.0 Å². The molecule has 0 saturated heterocycles. The highest BCUT2D eigenvalue weighted by atomic mass is 32.2. The van der Waals surface area contributed by atoms with E-state index in [9.17, 15) is 13.5 Å². The molecule has 3 unspecified atom stereocenters. The Bertz CT molecular complexity index is 848. The van der Waals surface area contributed by atoms with Gasteiger partial charge >= 0.3 is 0 Å². The van der Waals surface area contributed by atoms with Crippen LogP contribution in [0.1, 0.15) is 80.4 Å². The van der Waals surface area contributed by atoms with Crippen LogP contribution in [-0.4, -0.2) is 43.3 Å². The van der Waals surface area contributed by atoms with E-state index in [0.29, 0.717) is 24.0 Å². The molecule has 5 nitrogen and oxygen atoms in total. The molecule has 1 N–H and O–H groups in total. The van der Waals surface area contributed by atoms with Crippen LogP contribution >= 0.6 is 0 Å². The Hall–Kier alpha value is -1.27. The summed E-state index contributed by atoms with van der Waals surface area (Å²) in [5.41, 5.74) is 3.32. The number of rotatable bonds is 6. The second-order valence-electron chi connectivity index (χ2n) is 9.03. The molecule has 4 rings (SSSR count). The van der Waals surface area contributed by atoms with Gasteiger partial charge in [0.1, 0.15) is 17.1 Å². The van der Waals surface area contributed by atoms with Crippen molar-refractivity contribution in [3.63, 3.8) is 0 Å². The molecule has 3 atom stereocenters. The Morgan fingerprint density at radius 3 is 2.63 bits per heavy atom. The van der Waals surface area contributed by atoms with Gasteiger partial charge in [0.2, 0.25) is 10.0 Å². The van der Waals surface area contributed by atoms with Crippen molar-refractivity contribution < 1.29 is 18.3 Å². The van der Waals surface area contributed by atoms with Crippen molar-refractivity contribution >= 4 is 10.0 Å². The average molecular weight is 394 g/mol. The van der Waals surface area contributed by atoms with Gasteiger partial charge < -0.3 is 9.84 Å². The molecule has 1 aromatic carbocycles. The fraction of sp³-hybridized carbons (Fsp3) is 0.714. The summed E-state index contributed by atoms with van der Waals surface area (Å²) in [4.78, 5) is 0. The number of ether oxygens (including phenoxy) is 1. The van der Waals surface area contributed by atoms with Crippen molar-refractivity contribution in [2.24, 2.45) is 0 Å². The van der Waals surface area contributed by atoms with Gasteiger partial charge in [-0.2, -0.15) is 0 Å². The van der Waals surface area contributed by atoms with Crippen molar-refractivity contribution in [2.75, 3.05) is 19.8 Å². The average Bonchev–Trinajstić information content (AvgIpc) is 3.22. The zero-order valence-electron chi connectivity index (χ0n) is 16.6. The second kappa shape index (κ2) is 6.66. The number of nitrogens with zero attached hydrogens (tertiary/aromatic N) is 1. The van der Waals surface area contributed by atoms with Gasteiger partial charge in [0, 0.05) is 25.2 Å². The summed E-state index contributed by atoms with van der Waals surface area (Å²) in [6.45, 7) is 2.16. The number of hydrogen-bond donors (Lipinski definition) is 1. The minimum Gasteiger partial charge on any atom is -0.508 e. The molecule has 2 bridgehead atoms. The number of phenolic OH excluding ortho intramolecular Hbond substituents is 1. The number of sulfonamides is 1. The van der Waals surface area contributed by atoms with Crippen LogP contribution in [0.4, 0.5) is 0 Å². The van der Waals surface area contributed by atoms with Gasteiger partial charge in [-0.05, 0) is 81.8 Å². The first-order chi connectivity index (χ1) is 12.7. The molecule has 0 spiro atoms. The SMILES string of the molecule is CN(C)S(=O)(=O)CCCCC1(C)CCc2cc(O)c3c(c2O1)C1CCC3C1. The fourth-order valence-corrected chi connectivity index (χ4v) is 6.16. The molecule has 150 valence electrons. The first-order valence-electron chi connectivity index (χ1n) is 10.2. The third kappa shape index (κ3) is 3.35. The maximum absolute atomic E-state index is 11.9. The van der Waals surface area contributed by atoms with Gasteiger partial charge in [0.25, 0.3) is 0 Å². The summed E-state index contributed by atoms with van der Waals surface area (Å²) in [6, 6.07) is 1.93. The monoisotopic (exact) mass is 393 g/mol. The summed E-state index contributed by atoms with van der Waals surface area (Å²) in [6.07, 6.45) is 7.72. The number of hydrogen-bond acceptors (Lipinski definition) is 4. The predicted octanol–water partition coefficient (Wildman–Crippen LogP) is 3.90. The standard InChI is InChI=1S/C21H31NO4S/c1-21(9-4-5-11-27(24,25)22(2)3)10-8-16-13-17(23)18-14-6-7-15(12-14)19(18)20(16)26-21/h13-15,23H,4-12H2,1-3H3. The normalized spacial score (nSPS) is 28.9. The first-order valence-corrected chi connectivity index (χ1v) is 11.8. The molecular formula is C21H31NO4S. The quantitative estimate of drug-likeness (QED) is 0.744. The highest BCUT2D eigenvalue weighted by Gasteiger charge is 2.44. The Labute approximate surface area is 162 Å². The number of unbranched alkanes of at least 4 members (excludes halogenated alkanes) is 1. The number of phenols is 1. The van der Waals surface area contributed by atoms with E-state index >= 15 is 0 Å². The van der Waals surface area contributed by atoms with Gasteiger partial charge in [-0.3, -0.25) is 0 Å². The topological polar surface area (TPSA) is 66.8 Å². The van der Waals surface area contributed by atoms with Crippen LogP contribution in [0.25, 0.3) is 0 Å². The van der Waals surface area contributed by atoms with E-state index in [1.165, 1.54) is 22.7 Å². The van der Waals surface area contributed by atoms with E-state index in [-0.39, 0.29) is 11.4 Å². The van der Waals surface area contributed by atoms with Crippen molar-refractivity contribution in [3.05, 3.63) is 22.8 Å². The highest BCUT2D eigenvalue weighted by Crippen LogP contribution is 2.60. The highest BCUT2D eigenvalue weighted by molar-refractivity contribution is 7.89. The van der Waals surface area contributed by atoms with E-state index in [4.69, 9.17) is 4.74 Å². The van der Waals surface area contributed by atoms with Crippen LogP contribution in [-0.2, 0) is 16.4 Å². The number of benzene rings is 1. The van der Waals surface area contributed by atoms with Gasteiger partial charge in [-0.1, -0.05) is 0 Å². The number of aromatic hydroxyl groups is 1. The Morgan fingerprint density at radius 1 is 1.22 bits per heavy atom. The first kappa shape index (κ1) is 19.1. The Morgan fingerprint density at radius 2 is 1.93 bits per heavy atom. The lowest BCUT2D eigenvalue weighted by Crippen LogP contribution is -2.37. The molecule has 27 heavy (non-hydrogen) atoms. The molecular weight excluding hydrogens is 362 g/mol. The van der Waals surface area contributed by atoms with E-state index in [0.717, 1.165) is 49.0 Å². The minimum atomic E-state index is -3.12. The summed E-state index contributed by atoms with van der Waals surface area (Å²) in [5, 5.41) is 10.5. The molecule has 2 aliphatic carbocycles. The molecule has 0 aromatic heterocycles. The number of aryl methyl sites for hydroxylation is 1. The van der Waals surface area contributed by atoms with Gasteiger partial charge in [-0.25, -0.2) is 12.7 Å². The smallest absolute Gasteiger partial charge is 0.213 e. The molecule has 0 radical (unpaired) electrons. The maximum atomic E-state index is 11.9. The molecule has 0 amide bonds. The van der Waals surface area contributed by atoms with Gasteiger partial charge in [-0.15, -0.1) is 0 Å². The fourth-order valence-electron chi connectivity index (χ4n) is 5.23. The van der Waals surface area contributed by atoms with E-state index in [2.05, 4.69) is 6.92 Å². The molecule has 1 fully saturated rings. The van der Waals surface area contributed by atoms with Crippen molar-refractivity contribution in [3.8, 4) is 11.5 Å². The van der Waals surface area contributed by atoms with Crippen LogP contribution in [0.15, 0.2) is 6.07 Å². The third-order valence-electron chi connectivity index (χ3n) is 6.85. The second-order valence-corrected chi connectivity index (χ2v) is 11.3. The summed E-state index contributed by atoms with van der Waals surface area (Å²) < 4.78 is 31.7. The lowest BCUT2D eigenvalue weighted by Gasteiger charge is -2.38. The summed E-state index contributed by atoms with van der Waals surface area (Å²) in [5.74, 6) is 2.74.